The Kier molecular flexibility index (Phi) is 7.14. The molecule has 0 bridgehead atoms. The van der Waals surface area contributed by atoms with Gasteiger partial charge in [-0.1, -0.05) is 153 Å². The van der Waals surface area contributed by atoms with E-state index in [9.17, 15) is 0 Å². The fourth-order valence-electron chi connectivity index (χ4n) is 9.19. The van der Waals surface area contributed by atoms with Gasteiger partial charge >= 0.3 is 0 Å². The molecule has 1 aliphatic rings. The van der Waals surface area contributed by atoms with Crippen LogP contribution in [0, 0.1) is 0 Å². The van der Waals surface area contributed by atoms with Crippen LogP contribution >= 0.6 is 11.3 Å². The van der Waals surface area contributed by atoms with Gasteiger partial charge in [0.25, 0.3) is 0 Å². The van der Waals surface area contributed by atoms with E-state index < -0.39 is 0 Å². The van der Waals surface area contributed by atoms with Crippen molar-refractivity contribution in [3.05, 3.63) is 199 Å². The number of hydrogen-bond donors (Lipinski definition) is 0. The minimum Gasteiger partial charge on any atom is -0.309 e. The molecule has 0 amide bonds. The largest absolute Gasteiger partial charge is 0.309 e. The monoisotopic (exact) mass is 719 g/mol. The molecule has 10 aromatic rings. The van der Waals surface area contributed by atoms with Gasteiger partial charge in [0.15, 0.2) is 0 Å². The molecular weight excluding hydrogens is 683 g/mol. The van der Waals surface area contributed by atoms with Gasteiger partial charge in [-0.25, -0.2) is 0 Å². The van der Waals surface area contributed by atoms with Gasteiger partial charge < -0.3 is 4.90 Å². The predicted octanol–water partition coefficient (Wildman–Crippen LogP) is 15.5. The molecule has 0 saturated heterocycles. The molecule has 1 heterocycles. The second-order valence-corrected chi connectivity index (χ2v) is 16.4. The Hall–Kier alpha value is -6.48. The van der Waals surface area contributed by atoms with Crippen LogP contribution in [-0.2, 0) is 5.41 Å². The minimum absolute atomic E-state index is 0.0900. The van der Waals surface area contributed by atoms with Crippen molar-refractivity contribution in [2.45, 2.75) is 19.3 Å². The second kappa shape index (κ2) is 12.3. The normalized spacial score (nSPS) is 13.1. The molecule has 0 atom stereocenters. The Morgan fingerprint density at radius 2 is 1.09 bits per heavy atom. The second-order valence-electron chi connectivity index (χ2n) is 15.3. The number of thiophene rings is 1. The molecule has 0 N–H and O–H groups in total. The van der Waals surface area contributed by atoms with Gasteiger partial charge in [0.1, 0.15) is 0 Å². The Labute approximate surface area is 325 Å². The highest BCUT2D eigenvalue weighted by molar-refractivity contribution is 7.26. The van der Waals surface area contributed by atoms with Crippen molar-refractivity contribution in [1.29, 1.82) is 0 Å². The van der Waals surface area contributed by atoms with Crippen molar-refractivity contribution in [2.24, 2.45) is 0 Å². The Morgan fingerprint density at radius 1 is 0.436 bits per heavy atom. The zero-order valence-electron chi connectivity index (χ0n) is 30.8. The van der Waals surface area contributed by atoms with Crippen molar-refractivity contribution in [1.82, 2.24) is 0 Å². The van der Waals surface area contributed by atoms with Crippen LogP contribution in [-0.4, -0.2) is 0 Å². The molecule has 2 heteroatoms. The third-order valence-electron chi connectivity index (χ3n) is 11.8. The number of rotatable bonds is 5. The zero-order valence-corrected chi connectivity index (χ0v) is 31.6. The minimum atomic E-state index is -0.0900. The molecule has 0 fully saturated rings. The summed E-state index contributed by atoms with van der Waals surface area (Å²) in [4.78, 5) is 2.44. The highest BCUT2D eigenvalue weighted by Gasteiger charge is 2.38. The van der Waals surface area contributed by atoms with Gasteiger partial charge in [-0.05, 0) is 115 Å². The SMILES string of the molecule is CC1(C)c2ccccc2-c2c(-c3ccc4cc(N(c5ccc(-c6ccccc6)cc5)c5cccc6c5sc5ccccc56)ccc4c3)cc3ccccc3c21. The summed E-state index contributed by atoms with van der Waals surface area (Å²) in [7, 11) is 0. The first-order valence-corrected chi connectivity index (χ1v) is 19.9. The molecular formula is C53H37NS. The molecule has 1 aliphatic carbocycles. The van der Waals surface area contributed by atoms with Gasteiger partial charge in [0, 0.05) is 32.3 Å². The van der Waals surface area contributed by atoms with Gasteiger partial charge in [-0.15, -0.1) is 11.3 Å². The summed E-state index contributed by atoms with van der Waals surface area (Å²) in [6.07, 6.45) is 0. The predicted molar refractivity (Wildman–Crippen MR) is 237 cm³/mol. The van der Waals surface area contributed by atoms with E-state index in [0.717, 1.165) is 11.4 Å². The summed E-state index contributed by atoms with van der Waals surface area (Å²) in [6.45, 7) is 4.77. The van der Waals surface area contributed by atoms with Gasteiger partial charge in [0.05, 0.1) is 10.4 Å². The van der Waals surface area contributed by atoms with E-state index in [1.54, 1.807) is 0 Å². The molecule has 0 spiro atoms. The Balaban J connectivity index is 1.08. The van der Waals surface area contributed by atoms with E-state index in [1.165, 1.54) is 91.9 Å². The molecule has 11 rings (SSSR count). The fraction of sp³-hybridized carbons (Fsp3) is 0.0566. The number of nitrogens with zero attached hydrogens (tertiary/aromatic N) is 1. The average Bonchev–Trinajstić information content (AvgIpc) is 3.74. The molecule has 55 heavy (non-hydrogen) atoms. The van der Waals surface area contributed by atoms with Crippen LogP contribution < -0.4 is 4.90 Å². The quantitative estimate of drug-likeness (QED) is 0.171. The van der Waals surface area contributed by atoms with E-state index in [2.05, 4.69) is 207 Å². The first kappa shape index (κ1) is 32.0. The van der Waals surface area contributed by atoms with Gasteiger partial charge in [-0.3, -0.25) is 0 Å². The maximum atomic E-state index is 2.44. The van der Waals surface area contributed by atoms with Crippen molar-refractivity contribution < 1.29 is 0 Å². The lowest BCUT2D eigenvalue weighted by molar-refractivity contribution is 0.666. The topological polar surface area (TPSA) is 3.24 Å². The van der Waals surface area contributed by atoms with E-state index in [1.807, 2.05) is 11.3 Å². The first-order valence-electron chi connectivity index (χ1n) is 19.1. The zero-order chi connectivity index (χ0) is 36.7. The maximum Gasteiger partial charge on any atom is 0.0640 e. The number of anilines is 3. The van der Waals surface area contributed by atoms with Crippen molar-refractivity contribution in [3.8, 4) is 33.4 Å². The lowest BCUT2D eigenvalue weighted by Crippen LogP contribution is -2.15. The van der Waals surface area contributed by atoms with E-state index >= 15 is 0 Å². The molecule has 0 aliphatic heterocycles. The number of benzene rings is 9. The van der Waals surface area contributed by atoms with Crippen molar-refractivity contribution in [3.63, 3.8) is 0 Å². The third-order valence-corrected chi connectivity index (χ3v) is 13.0. The smallest absolute Gasteiger partial charge is 0.0640 e. The maximum absolute atomic E-state index is 2.44. The van der Waals surface area contributed by atoms with Crippen LogP contribution in [0.2, 0.25) is 0 Å². The molecule has 260 valence electrons. The molecule has 1 nitrogen and oxygen atoms in total. The molecule has 1 aromatic heterocycles. The lowest BCUT2D eigenvalue weighted by atomic mass is 9.79. The van der Waals surface area contributed by atoms with E-state index in [4.69, 9.17) is 0 Å². The number of hydrogen-bond acceptors (Lipinski definition) is 2. The molecule has 0 radical (unpaired) electrons. The summed E-state index contributed by atoms with van der Waals surface area (Å²) < 4.78 is 2.60. The first-order chi connectivity index (χ1) is 27.0. The summed E-state index contributed by atoms with van der Waals surface area (Å²) in [5.41, 5.74) is 13.9. The Morgan fingerprint density at radius 3 is 1.96 bits per heavy atom. The highest BCUT2D eigenvalue weighted by Crippen LogP contribution is 2.55. The van der Waals surface area contributed by atoms with Crippen LogP contribution in [0.25, 0.3) is 75.1 Å². The average molecular weight is 720 g/mol. The van der Waals surface area contributed by atoms with Crippen LogP contribution in [0.5, 0.6) is 0 Å². The Bertz CT molecular complexity index is 3110. The van der Waals surface area contributed by atoms with Crippen LogP contribution in [0.3, 0.4) is 0 Å². The van der Waals surface area contributed by atoms with E-state index in [0.29, 0.717) is 0 Å². The van der Waals surface area contributed by atoms with Gasteiger partial charge in [-0.2, -0.15) is 0 Å². The summed E-state index contributed by atoms with van der Waals surface area (Å²) in [6, 6.07) is 69.5. The number of fused-ring (bicyclic) bond motifs is 9. The molecule has 0 unspecified atom stereocenters. The van der Waals surface area contributed by atoms with Crippen LogP contribution in [0.4, 0.5) is 17.1 Å². The highest BCUT2D eigenvalue weighted by atomic mass is 32.1. The molecule has 9 aromatic carbocycles. The van der Waals surface area contributed by atoms with Crippen LogP contribution in [0.1, 0.15) is 25.0 Å². The summed E-state index contributed by atoms with van der Waals surface area (Å²) in [5, 5.41) is 7.68. The van der Waals surface area contributed by atoms with Crippen LogP contribution in [0.15, 0.2) is 188 Å². The lowest BCUT2D eigenvalue weighted by Gasteiger charge is -2.27. The fourth-order valence-corrected chi connectivity index (χ4v) is 10.4. The van der Waals surface area contributed by atoms with Gasteiger partial charge in [0.2, 0.25) is 0 Å². The summed E-state index contributed by atoms with van der Waals surface area (Å²) in [5.74, 6) is 0. The van der Waals surface area contributed by atoms with Crippen molar-refractivity contribution >= 4 is 70.1 Å². The summed E-state index contributed by atoms with van der Waals surface area (Å²) >= 11 is 1.87. The van der Waals surface area contributed by atoms with E-state index in [-0.39, 0.29) is 5.41 Å². The standard InChI is InChI=1S/C53H37NS/c1-53(2)47-20-10-8-18-45(47)50-46(33-38-15-6-7-16-42(38)51(50)53)39-24-23-37-32-41(30-27-36(37)31-39)54(40-28-25-35(26-29-40)34-13-4-3-5-14-34)48-21-12-19-44-43-17-9-11-22-49(43)55-52(44)48/h3-33H,1-2H3. The third kappa shape index (κ3) is 4.99. The molecule has 0 saturated carbocycles. The van der Waals surface area contributed by atoms with Crippen molar-refractivity contribution in [2.75, 3.05) is 4.90 Å².